The molecule has 0 amide bonds. The molecule has 0 saturated carbocycles. The van der Waals surface area contributed by atoms with Crippen molar-refractivity contribution < 1.29 is 9.53 Å². The third-order valence-corrected chi connectivity index (χ3v) is 3.11. The number of methoxy groups -OCH3 is 1. The fourth-order valence-electron chi connectivity index (χ4n) is 1.96. The van der Waals surface area contributed by atoms with Gasteiger partial charge in [0.15, 0.2) is 0 Å². The highest BCUT2D eigenvalue weighted by molar-refractivity contribution is 5.70. The molecular formula is C12H25NO2. The van der Waals surface area contributed by atoms with Gasteiger partial charge in [0.25, 0.3) is 0 Å². The van der Waals surface area contributed by atoms with Gasteiger partial charge in [0, 0.05) is 0 Å². The first-order valence-electron chi connectivity index (χ1n) is 5.55. The van der Waals surface area contributed by atoms with E-state index in [2.05, 4.69) is 27.7 Å². The van der Waals surface area contributed by atoms with Gasteiger partial charge in [-0.25, -0.2) is 0 Å². The van der Waals surface area contributed by atoms with E-state index in [0.717, 1.165) is 12.8 Å². The van der Waals surface area contributed by atoms with Crippen LogP contribution >= 0.6 is 0 Å². The van der Waals surface area contributed by atoms with Gasteiger partial charge < -0.3 is 10.5 Å². The van der Waals surface area contributed by atoms with Crippen molar-refractivity contribution in [2.75, 3.05) is 13.7 Å². The summed E-state index contributed by atoms with van der Waals surface area (Å²) in [6.07, 6.45) is 2.39. The Balaban J connectivity index is 4.50. The molecule has 0 radical (unpaired) electrons. The largest absolute Gasteiger partial charge is 0.469 e. The molecule has 0 aliphatic rings. The smallest absolute Gasteiger partial charge is 0.306 e. The van der Waals surface area contributed by atoms with Crippen LogP contribution in [0.4, 0.5) is 0 Å². The molecule has 2 N–H and O–H groups in total. The van der Waals surface area contributed by atoms with Crippen molar-refractivity contribution in [3.63, 3.8) is 0 Å². The molecule has 15 heavy (non-hydrogen) atoms. The fraction of sp³-hybridized carbons (Fsp3) is 0.917. The van der Waals surface area contributed by atoms with Gasteiger partial charge in [-0.3, -0.25) is 4.79 Å². The van der Waals surface area contributed by atoms with Crippen LogP contribution in [0.1, 0.15) is 47.0 Å². The number of esters is 1. The van der Waals surface area contributed by atoms with E-state index in [1.54, 1.807) is 0 Å². The third-order valence-electron chi connectivity index (χ3n) is 3.11. The number of hydrogen-bond acceptors (Lipinski definition) is 3. The van der Waals surface area contributed by atoms with Crippen LogP contribution in [0.2, 0.25) is 0 Å². The number of hydrogen-bond donors (Lipinski definition) is 1. The lowest BCUT2D eigenvalue weighted by Crippen LogP contribution is -2.32. The Bertz CT molecular complexity index is 214. The van der Waals surface area contributed by atoms with Crippen LogP contribution in [-0.4, -0.2) is 19.6 Å². The Morgan fingerprint density at radius 1 is 1.33 bits per heavy atom. The van der Waals surface area contributed by atoms with Gasteiger partial charge >= 0.3 is 5.97 Å². The van der Waals surface area contributed by atoms with E-state index < -0.39 is 0 Å². The fourth-order valence-corrected chi connectivity index (χ4v) is 1.96. The summed E-state index contributed by atoms with van der Waals surface area (Å²) in [7, 11) is 1.44. The maximum absolute atomic E-state index is 11.3. The van der Waals surface area contributed by atoms with Gasteiger partial charge in [-0.05, 0) is 23.8 Å². The van der Waals surface area contributed by atoms with Crippen LogP contribution < -0.4 is 5.73 Å². The molecule has 0 bridgehead atoms. The first kappa shape index (κ1) is 14.4. The predicted molar refractivity (Wildman–Crippen MR) is 62.5 cm³/mol. The summed E-state index contributed by atoms with van der Waals surface area (Å²) in [6, 6.07) is 0. The quantitative estimate of drug-likeness (QED) is 0.692. The van der Waals surface area contributed by atoms with E-state index >= 15 is 0 Å². The van der Waals surface area contributed by atoms with Crippen LogP contribution in [0.15, 0.2) is 0 Å². The average molecular weight is 215 g/mol. The zero-order valence-corrected chi connectivity index (χ0v) is 10.7. The summed E-state index contributed by atoms with van der Waals surface area (Å²) in [5.74, 6) is -0.132. The van der Waals surface area contributed by atoms with E-state index in [9.17, 15) is 4.79 Å². The van der Waals surface area contributed by atoms with Crippen molar-refractivity contribution in [3.8, 4) is 0 Å². The summed E-state index contributed by atoms with van der Waals surface area (Å²) in [5.41, 5.74) is 5.79. The van der Waals surface area contributed by atoms with Crippen LogP contribution in [0, 0.1) is 10.8 Å². The molecule has 0 aliphatic heterocycles. The highest BCUT2D eigenvalue weighted by Gasteiger charge is 2.32. The predicted octanol–water partition coefficient (Wildman–Crippen LogP) is 2.34. The Hall–Kier alpha value is -0.570. The minimum atomic E-state index is -0.132. The summed E-state index contributed by atoms with van der Waals surface area (Å²) in [6.45, 7) is 9.15. The molecule has 0 spiro atoms. The average Bonchev–Trinajstić information content (AvgIpc) is 2.17. The normalized spacial score (nSPS) is 15.9. The van der Waals surface area contributed by atoms with Crippen molar-refractivity contribution in [3.05, 3.63) is 0 Å². The van der Waals surface area contributed by atoms with Crippen molar-refractivity contribution in [1.29, 1.82) is 0 Å². The molecule has 0 aromatic heterocycles. The lowest BCUT2D eigenvalue weighted by molar-refractivity contribution is -0.143. The molecule has 3 heteroatoms. The monoisotopic (exact) mass is 215 g/mol. The lowest BCUT2D eigenvalue weighted by atomic mass is 9.71. The summed E-state index contributed by atoms with van der Waals surface area (Å²) >= 11 is 0. The number of ether oxygens (including phenoxy) is 1. The van der Waals surface area contributed by atoms with Gasteiger partial charge in [-0.1, -0.05) is 34.1 Å². The number of carbonyl (C=O) groups is 1. The molecule has 0 heterocycles. The zero-order chi connectivity index (χ0) is 12.1. The van der Waals surface area contributed by atoms with E-state index in [1.165, 1.54) is 7.11 Å². The lowest BCUT2D eigenvalue weighted by Gasteiger charge is -2.35. The van der Waals surface area contributed by atoms with Crippen molar-refractivity contribution in [2.45, 2.75) is 47.0 Å². The van der Waals surface area contributed by atoms with Crippen LogP contribution in [-0.2, 0) is 9.53 Å². The van der Waals surface area contributed by atoms with Crippen molar-refractivity contribution >= 4 is 5.97 Å². The third kappa shape index (κ3) is 5.17. The Morgan fingerprint density at radius 3 is 2.20 bits per heavy atom. The second-order valence-electron chi connectivity index (χ2n) is 5.46. The highest BCUT2D eigenvalue weighted by Crippen LogP contribution is 2.38. The molecule has 1 atom stereocenters. The van der Waals surface area contributed by atoms with Crippen LogP contribution in [0.5, 0.6) is 0 Å². The molecule has 0 aromatic rings. The minimum absolute atomic E-state index is 0.00400. The SMILES string of the molecule is CCC(C)(CC(=O)OC)CC(C)(C)CN. The molecule has 0 aromatic carbocycles. The molecule has 0 aliphatic carbocycles. The topological polar surface area (TPSA) is 52.3 Å². The second kappa shape index (κ2) is 5.50. The van der Waals surface area contributed by atoms with E-state index in [0.29, 0.717) is 13.0 Å². The number of carbonyl (C=O) groups excluding carboxylic acids is 1. The Morgan fingerprint density at radius 2 is 1.87 bits per heavy atom. The van der Waals surface area contributed by atoms with Gasteiger partial charge in [0.2, 0.25) is 0 Å². The maximum Gasteiger partial charge on any atom is 0.306 e. The first-order chi connectivity index (χ1) is 6.78. The summed E-state index contributed by atoms with van der Waals surface area (Å²) < 4.78 is 4.73. The van der Waals surface area contributed by atoms with Crippen LogP contribution in [0.25, 0.3) is 0 Å². The molecule has 0 fully saturated rings. The van der Waals surface area contributed by atoms with E-state index in [4.69, 9.17) is 10.5 Å². The van der Waals surface area contributed by atoms with Crippen molar-refractivity contribution in [2.24, 2.45) is 16.6 Å². The molecule has 3 nitrogen and oxygen atoms in total. The molecule has 90 valence electrons. The number of nitrogens with two attached hydrogens (primary N) is 1. The zero-order valence-electron chi connectivity index (χ0n) is 10.7. The van der Waals surface area contributed by atoms with E-state index in [1.807, 2.05) is 0 Å². The van der Waals surface area contributed by atoms with Gasteiger partial charge in [0.05, 0.1) is 13.5 Å². The molecule has 0 rings (SSSR count). The second-order valence-corrected chi connectivity index (χ2v) is 5.46. The highest BCUT2D eigenvalue weighted by atomic mass is 16.5. The van der Waals surface area contributed by atoms with E-state index in [-0.39, 0.29) is 16.8 Å². The summed E-state index contributed by atoms with van der Waals surface area (Å²) in [5, 5.41) is 0. The van der Waals surface area contributed by atoms with Gasteiger partial charge in [-0.2, -0.15) is 0 Å². The Labute approximate surface area is 93.4 Å². The number of rotatable bonds is 6. The molecule has 1 unspecified atom stereocenters. The maximum atomic E-state index is 11.3. The molecular weight excluding hydrogens is 190 g/mol. The Kier molecular flexibility index (Phi) is 5.29. The standard InChI is InChI=1S/C12H25NO2/c1-6-12(4,7-10(14)15-5)8-11(2,3)9-13/h6-9,13H2,1-5H3. The molecule has 0 saturated heterocycles. The minimum Gasteiger partial charge on any atom is -0.469 e. The summed E-state index contributed by atoms with van der Waals surface area (Å²) in [4.78, 5) is 11.3. The van der Waals surface area contributed by atoms with Gasteiger partial charge in [0.1, 0.15) is 0 Å². The van der Waals surface area contributed by atoms with Crippen molar-refractivity contribution in [1.82, 2.24) is 0 Å². The first-order valence-corrected chi connectivity index (χ1v) is 5.55. The van der Waals surface area contributed by atoms with Gasteiger partial charge in [-0.15, -0.1) is 0 Å². The van der Waals surface area contributed by atoms with Crippen LogP contribution in [0.3, 0.4) is 0 Å².